The summed E-state index contributed by atoms with van der Waals surface area (Å²) in [6, 6.07) is 0. The highest BCUT2D eigenvalue weighted by Gasteiger charge is 2.26. The Hall–Kier alpha value is -1.14. The SMILES string of the molecule is CNCC(C)C(=O)N1CCN(C(=O)COC)CC1. The minimum atomic E-state index is -0.0174. The van der Waals surface area contributed by atoms with Gasteiger partial charge >= 0.3 is 0 Å². The van der Waals surface area contributed by atoms with Crippen LogP contribution in [0.25, 0.3) is 0 Å². The molecule has 1 heterocycles. The van der Waals surface area contributed by atoms with Crippen molar-refractivity contribution in [1.29, 1.82) is 0 Å². The van der Waals surface area contributed by atoms with E-state index >= 15 is 0 Å². The molecule has 1 unspecified atom stereocenters. The van der Waals surface area contributed by atoms with Gasteiger partial charge in [-0.2, -0.15) is 0 Å². The van der Waals surface area contributed by atoms with E-state index in [9.17, 15) is 9.59 Å². The number of hydrogen-bond donors (Lipinski definition) is 1. The van der Waals surface area contributed by atoms with Crippen molar-refractivity contribution in [2.45, 2.75) is 6.92 Å². The summed E-state index contributed by atoms with van der Waals surface area (Å²) < 4.78 is 4.82. The predicted molar refractivity (Wildman–Crippen MR) is 68.1 cm³/mol. The number of piperazine rings is 1. The fourth-order valence-electron chi connectivity index (χ4n) is 2.10. The third-order valence-electron chi connectivity index (χ3n) is 3.14. The second kappa shape index (κ2) is 7.33. The highest BCUT2D eigenvalue weighted by Crippen LogP contribution is 2.07. The number of ether oxygens (including phenoxy) is 1. The van der Waals surface area contributed by atoms with Gasteiger partial charge in [0.1, 0.15) is 6.61 Å². The summed E-state index contributed by atoms with van der Waals surface area (Å²) in [5.74, 6) is 0.132. The summed E-state index contributed by atoms with van der Waals surface area (Å²) in [5.41, 5.74) is 0. The summed E-state index contributed by atoms with van der Waals surface area (Å²) in [6.07, 6.45) is 0. The maximum Gasteiger partial charge on any atom is 0.248 e. The molecule has 0 spiro atoms. The Kier molecular flexibility index (Phi) is 6.07. The van der Waals surface area contributed by atoms with E-state index < -0.39 is 0 Å². The first kappa shape index (κ1) is 14.9. The maximum absolute atomic E-state index is 12.0. The van der Waals surface area contributed by atoms with Crippen LogP contribution in [-0.2, 0) is 14.3 Å². The molecule has 0 aromatic carbocycles. The monoisotopic (exact) mass is 257 g/mol. The first-order valence-corrected chi connectivity index (χ1v) is 6.30. The van der Waals surface area contributed by atoms with E-state index in [-0.39, 0.29) is 24.3 Å². The molecule has 0 radical (unpaired) electrons. The van der Waals surface area contributed by atoms with Gasteiger partial charge in [0, 0.05) is 45.8 Å². The van der Waals surface area contributed by atoms with Crippen molar-refractivity contribution in [2.24, 2.45) is 5.92 Å². The number of carbonyl (C=O) groups excluding carboxylic acids is 2. The molecule has 1 fully saturated rings. The van der Waals surface area contributed by atoms with Gasteiger partial charge in [-0.15, -0.1) is 0 Å². The number of rotatable bonds is 5. The molecule has 0 bridgehead atoms. The lowest BCUT2D eigenvalue weighted by molar-refractivity contribution is -0.143. The van der Waals surface area contributed by atoms with E-state index in [1.54, 1.807) is 4.90 Å². The molecule has 6 nitrogen and oxygen atoms in total. The smallest absolute Gasteiger partial charge is 0.248 e. The van der Waals surface area contributed by atoms with Crippen LogP contribution in [0, 0.1) is 5.92 Å². The molecule has 1 N–H and O–H groups in total. The molecule has 1 aliphatic heterocycles. The van der Waals surface area contributed by atoms with Crippen molar-refractivity contribution in [3.05, 3.63) is 0 Å². The van der Waals surface area contributed by atoms with Crippen LogP contribution < -0.4 is 5.32 Å². The van der Waals surface area contributed by atoms with Crippen molar-refractivity contribution in [3.63, 3.8) is 0 Å². The van der Waals surface area contributed by atoms with Crippen molar-refractivity contribution in [1.82, 2.24) is 15.1 Å². The van der Waals surface area contributed by atoms with Crippen LogP contribution >= 0.6 is 0 Å². The third-order valence-corrected chi connectivity index (χ3v) is 3.14. The molecule has 104 valence electrons. The molecular weight excluding hydrogens is 234 g/mol. The summed E-state index contributed by atoms with van der Waals surface area (Å²) in [5, 5.41) is 3.00. The van der Waals surface area contributed by atoms with Crippen molar-refractivity contribution < 1.29 is 14.3 Å². The lowest BCUT2D eigenvalue weighted by Gasteiger charge is -2.35. The average molecular weight is 257 g/mol. The van der Waals surface area contributed by atoms with Gasteiger partial charge in [0.2, 0.25) is 11.8 Å². The Morgan fingerprint density at radius 3 is 2.28 bits per heavy atom. The molecule has 1 saturated heterocycles. The lowest BCUT2D eigenvalue weighted by atomic mass is 10.1. The molecule has 0 aliphatic carbocycles. The zero-order valence-electron chi connectivity index (χ0n) is 11.4. The molecule has 0 saturated carbocycles. The number of hydrogen-bond acceptors (Lipinski definition) is 4. The fourth-order valence-corrected chi connectivity index (χ4v) is 2.10. The Morgan fingerprint density at radius 1 is 1.22 bits per heavy atom. The quantitative estimate of drug-likeness (QED) is 0.697. The Labute approximate surface area is 108 Å². The molecule has 0 aromatic heterocycles. The highest BCUT2D eigenvalue weighted by atomic mass is 16.5. The Balaban J connectivity index is 2.39. The molecule has 1 rings (SSSR count). The van der Waals surface area contributed by atoms with Gasteiger partial charge in [-0.3, -0.25) is 9.59 Å². The Morgan fingerprint density at radius 2 is 1.78 bits per heavy atom. The van der Waals surface area contributed by atoms with E-state index in [1.807, 2.05) is 18.9 Å². The second-order valence-electron chi connectivity index (χ2n) is 4.60. The maximum atomic E-state index is 12.0. The molecule has 6 heteroatoms. The fraction of sp³-hybridized carbons (Fsp3) is 0.833. The highest BCUT2D eigenvalue weighted by molar-refractivity contribution is 5.80. The standard InChI is InChI=1S/C12H23N3O3/c1-10(8-13-2)12(17)15-6-4-14(5-7-15)11(16)9-18-3/h10,13H,4-9H2,1-3H3. The van der Waals surface area contributed by atoms with Gasteiger partial charge in [0.15, 0.2) is 0 Å². The predicted octanol–water partition coefficient (Wildman–Crippen LogP) is -0.841. The van der Waals surface area contributed by atoms with Gasteiger partial charge < -0.3 is 19.9 Å². The van der Waals surface area contributed by atoms with E-state index in [4.69, 9.17) is 4.74 Å². The Bertz CT molecular complexity index is 288. The van der Waals surface area contributed by atoms with Gasteiger partial charge in [-0.1, -0.05) is 6.92 Å². The van der Waals surface area contributed by atoms with Gasteiger partial charge in [-0.05, 0) is 7.05 Å². The molecule has 2 amide bonds. The van der Waals surface area contributed by atoms with Crippen molar-refractivity contribution in [2.75, 3.05) is 53.5 Å². The van der Waals surface area contributed by atoms with E-state index in [0.717, 1.165) is 0 Å². The van der Waals surface area contributed by atoms with Crippen LogP contribution in [0.1, 0.15) is 6.92 Å². The summed E-state index contributed by atoms with van der Waals surface area (Å²) in [6.45, 7) is 5.14. The van der Waals surface area contributed by atoms with Gasteiger partial charge in [0.25, 0.3) is 0 Å². The number of amides is 2. The molecule has 18 heavy (non-hydrogen) atoms. The molecule has 0 aromatic rings. The minimum Gasteiger partial charge on any atom is -0.375 e. The number of methoxy groups -OCH3 is 1. The van der Waals surface area contributed by atoms with E-state index in [1.165, 1.54) is 7.11 Å². The zero-order valence-corrected chi connectivity index (χ0v) is 11.4. The van der Waals surface area contributed by atoms with Crippen LogP contribution in [-0.4, -0.2) is 75.1 Å². The largest absolute Gasteiger partial charge is 0.375 e. The summed E-state index contributed by atoms with van der Waals surface area (Å²) in [7, 11) is 3.35. The normalized spacial score (nSPS) is 17.7. The third kappa shape index (κ3) is 3.96. The number of nitrogens with zero attached hydrogens (tertiary/aromatic N) is 2. The lowest BCUT2D eigenvalue weighted by Crippen LogP contribution is -2.53. The minimum absolute atomic E-state index is 0.00660. The van der Waals surface area contributed by atoms with E-state index in [0.29, 0.717) is 32.7 Å². The molecule has 1 aliphatic rings. The molecule has 1 atom stereocenters. The summed E-state index contributed by atoms with van der Waals surface area (Å²) >= 11 is 0. The zero-order chi connectivity index (χ0) is 13.5. The summed E-state index contributed by atoms with van der Waals surface area (Å²) in [4.78, 5) is 27.2. The van der Waals surface area contributed by atoms with Gasteiger partial charge in [0.05, 0.1) is 0 Å². The first-order valence-electron chi connectivity index (χ1n) is 6.30. The van der Waals surface area contributed by atoms with Crippen molar-refractivity contribution >= 4 is 11.8 Å². The van der Waals surface area contributed by atoms with Crippen LogP contribution in [0.3, 0.4) is 0 Å². The average Bonchev–Trinajstić information content (AvgIpc) is 2.38. The van der Waals surface area contributed by atoms with Crippen LogP contribution in [0.4, 0.5) is 0 Å². The topological polar surface area (TPSA) is 61.9 Å². The first-order chi connectivity index (χ1) is 8.60. The second-order valence-corrected chi connectivity index (χ2v) is 4.60. The van der Waals surface area contributed by atoms with Crippen LogP contribution in [0.2, 0.25) is 0 Å². The van der Waals surface area contributed by atoms with Crippen molar-refractivity contribution in [3.8, 4) is 0 Å². The van der Waals surface area contributed by atoms with Crippen LogP contribution in [0.15, 0.2) is 0 Å². The number of nitrogens with one attached hydrogen (secondary N) is 1. The van der Waals surface area contributed by atoms with E-state index in [2.05, 4.69) is 5.32 Å². The number of carbonyl (C=O) groups is 2. The molecular formula is C12H23N3O3. The van der Waals surface area contributed by atoms with Gasteiger partial charge in [-0.25, -0.2) is 0 Å². The van der Waals surface area contributed by atoms with Crippen LogP contribution in [0.5, 0.6) is 0 Å².